The normalized spacial score (nSPS) is 9.68. The number of rotatable bonds is 3. The second kappa shape index (κ2) is 5.68. The minimum atomic E-state index is -0.500. The number of nitrogens with one attached hydrogen (secondary N) is 2. The van der Waals surface area contributed by atoms with Gasteiger partial charge in [0.25, 0.3) is 0 Å². The Morgan fingerprint density at radius 3 is 1.84 bits per heavy atom. The Labute approximate surface area is 110 Å². The molecule has 0 unspecified atom stereocenters. The maximum absolute atomic E-state index is 11.7. The molecule has 0 aliphatic rings. The highest BCUT2D eigenvalue weighted by Crippen LogP contribution is 2.10. The van der Waals surface area contributed by atoms with Crippen LogP contribution in [-0.4, -0.2) is 11.9 Å². The molecule has 0 saturated heterocycles. The van der Waals surface area contributed by atoms with Crippen LogP contribution in [0, 0.1) is 0 Å². The molecule has 3 amide bonds. The van der Waals surface area contributed by atoms with Crippen molar-refractivity contribution in [3.63, 3.8) is 0 Å². The van der Waals surface area contributed by atoms with E-state index in [0.717, 1.165) is 0 Å². The Hall–Kier alpha value is -2.82. The van der Waals surface area contributed by atoms with E-state index in [9.17, 15) is 9.59 Å². The number of urea groups is 1. The molecule has 0 atom stereocenters. The molecule has 0 aromatic heterocycles. The minimum absolute atomic E-state index is 0.349. The molecular formula is C14H13N3O2. The molecule has 5 heteroatoms. The second-order valence-corrected chi connectivity index (χ2v) is 3.89. The van der Waals surface area contributed by atoms with Gasteiger partial charge < -0.3 is 16.4 Å². The van der Waals surface area contributed by atoms with Gasteiger partial charge in [0.15, 0.2) is 0 Å². The molecule has 2 rings (SSSR count). The number of nitrogens with two attached hydrogens (primary N) is 1. The van der Waals surface area contributed by atoms with Crippen LogP contribution in [0.25, 0.3) is 0 Å². The summed E-state index contributed by atoms with van der Waals surface area (Å²) in [6.45, 7) is 0. The number of para-hydroxylation sites is 1. The van der Waals surface area contributed by atoms with Crippen LogP contribution in [0.1, 0.15) is 10.4 Å². The summed E-state index contributed by atoms with van der Waals surface area (Å²) in [7, 11) is 0. The molecule has 0 spiro atoms. The summed E-state index contributed by atoms with van der Waals surface area (Å²) in [4.78, 5) is 22.6. The fourth-order valence-electron chi connectivity index (χ4n) is 1.53. The molecule has 96 valence electrons. The van der Waals surface area contributed by atoms with E-state index in [1.54, 1.807) is 36.4 Å². The molecule has 4 N–H and O–H groups in total. The van der Waals surface area contributed by atoms with Gasteiger partial charge in [-0.05, 0) is 36.4 Å². The van der Waals surface area contributed by atoms with Crippen molar-refractivity contribution >= 4 is 23.3 Å². The van der Waals surface area contributed by atoms with Gasteiger partial charge in [-0.2, -0.15) is 0 Å². The van der Waals surface area contributed by atoms with E-state index in [4.69, 9.17) is 5.73 Å². The average molecular weight is 255 g/mol. The first kappa shape index (κ1) is 12.6. The summed E-state index contributed by atoms with van der Waals surface area (Å²) in [5.74, 6) is -0.500. The number of carbonyl (C=O) groups is 2. The standard InChI is InChI=1S/C14H13N3O2/c15-13(18)10-6-8-12(9-7-10)17-14(19)16-11-4-2-1-3-5-11/h1-9H,(H2,15,18)(H2,16,17,19). The maximum atomic E-state index is 11.7. The van der Waals surface area contributed by atoms with Crippen molar-refractivity contribution in [2.45, 2.75) is 0 Å². The predicted octanol–water partition coefficient (Wildman–Crippen LogP) is 2.43. The van der Waals surface area contributed by atoms with Gasteiger partial charge in [-0.25, -0.2) is 4.79 Å². The second-order valence-electron chi connectivity index (χ2n) is 3.89. The molecule has 0 bridgehead atoms. The van der Waals surface area contributed by atoms with Crippen molar-refractivity contribution in [2.75, 3.05) is 10.6 Å². The zero-order valence-electron chi connectivity index (χ0n) is 10.1. The lowest BCUT2D eigenvalue weighted by atomic mass is 10.2. The maximum Gasteiger partial charge on any atom is 0.323 e. The third-order valence-corrected chi connectivity index (χ3v) is 2.46. The lowest BCUT2D eigenvalue weighted by molar-refractivity contribution is 0.100. The van der Waals surface area contributed by atoms with Gasteiger partial charge in [-0.3, -0.25) is 4.79 Å². The van der Waals surface area contributed by atoms with E-state index < -0.39 is 5.91 Å². The summed E-state index contributed by atoms with van der Waals surface area (Å²) < 4.78 is 0. The number of benzene rings is 2. The predicted molar refractivity (Wildman–Crippen MR) is 74.0 cm³/mol. The largest absolute Gasteiger partial charge is 0.366 e. The highest BCUT2D eigenvalue weighted by Gasteiger charge is 2.03. The molecule has 0 saturated carbocycles. The van der Waals surface area contributed by atoms with E-state index >= 15 is 0 Å². The quantitative estimate of drug-likeness (QED) is 0.787. The molecule has 2 aromatic carbocycles. The topological polar surface area (TPSA) is 84.2 Å². The number of amides is 3. The third-order valence-electron chi connectivity index (χ3n) is 2.46. The van der Waals surface area contributed by atoms with Crippen molar-refractivity contribution in [1.82, 2.24) is 0 Å². The van der Waals surface area contributed by atoms with Crippen LogP contribution >= 0.6 is 0 Å². The Kier molecular flexibility index (Phi) is 3.78. The van der Waals surface area contributed by atoms with Crippen molar-refractivity contribution in [3.8, 4) is 0 Å². The van der Waals surface area contributed by atoms with E-state index in [0.29, 0.717) is 16.9 Å². The van der Waals surface area contributed by atoms with E-state index in [1.165, 1.54) is 0 Å². The molecule has 2 aromatic rings. The highest BCUT2D eigenvalue weighted by atomic mass is 16.2. The average Bonchev–Trinajstić information content (AvgIpc) is 2.40. The Balaban J connectivity index is 1.97. The van der Waals surface area contributed by atoms with Crippen LogP contribution < -0.4 is 16.4 Å². The molecule has 5 nitrogen and oxygen atoms in total. The molecule has 0 radical (unpaired) electrons. The number of anilines is 2. The van der Waals surface area contributed by atoms with Crippen LogP contribution in [0.15, 0.2) is 54.6 Å². The molecule has 0 aliphatic carbocycles. The van der Waals surface area contributed by atoms with Crippen LogP contribution in [0.4, 0.5) is 16.2 Å². The van der Waals surface area contributed by atoms with Crippen molar-refractivity contribution in [2.24, 2.45) is 5.73 Å². The molecule has 0 fully saturated rings. The lowest BCUT2D eigenvalue weighted by Crippen LogP contribution is -2.19. The Morgan fingerprint density at radius 1 is 0.789 bits per heavy atom. The number of hydrogen-bond donors (Lipinski definition) is 3. The molecular weight excluding hydrogens is 242 g/mol. The zero-order chi connectivity index (χ0) is 13.7. The molecule has 0 aliphatic heterocycles. The van der Waals surface area contributed by atoms with Gasteiger partial charge in [0.2, 0.25) is 5.91 Å². The summed E-state index contributed by atoms with van der Waals surface area (Å²) in [5.41, 5.74) is 6.81. The van der Waals surface area contributed by atoms with Crippen molar-refractivity contribution in [1.29, 1.82) is 0 Å². The van der Waals surface area contributed by atoms with Gasteiger partial charge in [-0.15, -0.1) is 0 Å². The number of primary amides is 1. The van der Waals surface area contributed by atoms with Crippen LogP contribution in [0.5, 0.6) is 0 Å². The Morgan fingerprint density at radius 2 is 1.32 bits per heavy atom. The van der Waals surface area contributed by atoms with Crippen LogP contribution in [0.3, 0.4) is 0 Å². The minimum Gasteiger partial charge on any atom is -0.366 e. The zero-order valence-corrected chi connectivity index (χ0v) is 10.1. The summed E-state index contributed by atoms with van der Waals surface area (Å²) in [5, 5.41) is 5.34. The fraction of sp³-hybridized carbons (Fsp3) is 0. The lowest BCUT2D eigenvalue weighted by Gasteiger charge is -2.07. The van der Waals surface area contributed by atoms with E-state index in [1.807, 2.05) is 18.2 Å². The third kappa shape index (κ3) is 3.57. The Bertz CT molecular complexity index is 579. The molecule has 0 heterocycles. The first-order valence-corrected chi connectivity index (χ1v) is 5.68. The first-order valence-electron chi connectivity index (χ1n) is 5.68. The van der Waals surface area contributed by atoms with Crippen LogP contribution in [0.2, 0.25) is 0 Å². The number of hydrogen-bond acceptors (Lipinski definition) is 2. The van der Waals surface area contributed by atoms with Gasteiger partial charge in [0.05, 0.1) is 0 Å². The van der Waals surface area contributed by atoms with Crippen LogP contribution in [-0.2, 0) is 0 Å². The highest BCUT2D eigenvalue weighted by molar-refractivity contribution is 6.00. The summed E-state index contributed by atoms with van der Waals surface area (Å²) in [6, 6.07) is 15.1. The van der Waals surface area contributed by atoms with Crippen molar-refractivity contribution < 1.29 is 9.59 Å². The summed E-state index contributed by atoms with van der Waals surface area (Å²) >= 11 is 0. The summed E-state index contributed by atoms with van der Waals surface area (Å²) in [6.07, 6.45) is 0. The van der Waals surface area contributed by atoms with Gasteiger partial charge >= 0.3 is 6.03 Å². The van der Waals surface area contributed by atoms with E-state index in [2.05, 4.69) is 10.6 Å². The van der Waals surface area contributed by atoms with Crippen molar-refractivity contribution in [3.05, 3.63) is 60.2 Å². The smallest absolute Gasteiger partial charge is 0.323 e. The molecule has 19 heavy (non-hydrogen) atoms. The number of carbonyl (C=O) groups excluding carboxylic acids is 2. The SMILES string of the molecule is NC(=O)c1ccc(NC(=O)Nc2ccccc2)cc1. The first-order chi connectivity index (χ1) is 9.15. The monoisotopic (exact) mass is 255 g/mol. The van der Waals surface area contributed by atoms with E-state index in [-0.39, 0.29) is 6.03 Å². The fourth-order valence-corrected chi connectivity index (χ4v) is 1.53. The van der Waals surface area contributed by atoms with Gasteiger partial charge in [-0.1, -0.05) is 18.2 Å². The van der Waals surface area contributed by atoms with Gasteiger partial charge in [0.1, 0.15) is 0 Å². The van der Waals surface area contributed by atoms with Gasteiger partial charge in [0, 0.05) is 16.9 Å².